The predicted octanol–water partition coefficient (Wildman–Crippen LogP) is 3.32. The van der Waals surface area contributed by atoms with Crippen LogP contribution in [0.25, 0.3) is 17.0 Å². The molecule has 0 unspecified atom stereocenters. The molecule has 0 radical (unpaired) electrons. The number of urea groups is 1. The molecule has 2 aromatic carbocycles. The molecule has 28 heavy (non-hydrogen) atoms. The van der Waals surface area contributed by atoms with Gasteiger partial charge in [-0.2, -0.15) is 0 Å². The van der Waals surface area contributed by atoms with Gasteiger partial charge in [-0.3, -0.25) is 19.8 Å². The Morgan fingerprint density at radius 1 is 0.964 bits per heavy atom. The van der Waals surface area contributed by atoms with Crippen molar-refractivity contribution in [3.05, 3.63) is 77.5 Å². The van der Waals surface area contributed by atoms with Crippen molar-refractivity contribution in [2.75, 3.05) is 0 Å². The van der Waals surface area contributed by atoms with Crippen LogP contribution in [0.5, 0.6) is 0 Å². The first kappa shape index (κ1) is 17.7. The fourth-order valence-corrected chi connectivity index (χ4v) is 3.41. The molecule has 0 spiro atoms. The number of nitrogens with one attached hydrogen (secondary N) is 1. The van der Waals surface area contributed by atoms with Crippen LogP contribution in [0.1, 0.15) is 18.1 Å². The number of imide groups is 2. The summed E-state index contributed by atoms with van der Waals surface area (Å²) in [7, 11) is 0. The number of carbonyl (C=O) groups is 3. The van der Waals surface area contributed by atoms with Crippen LogP contribution in [0.15, 0.2) is 66.4 Å². The maximum Gasteiger partial charge on any atom is 0.331 e. The van der Waals surface area contributed by atoms with Crippen molar-refractivity contribution in [2.24, 2.45) is 0 Å². The number of hydrogen-bond acceptors (Lipinski definition) is 3. The van der Waals surface area contributed by atoms with Gasteiger partial charge in [0, 0.05) is 29.2 Å². The Kier molecular flexibility index (Phi) is 4.53. The summed E-state index contributed by atoms with van der Waals surface area (Å²) >= 11 is 0. The molecule has 1 saturated heterocycles. The SMILES string of the molecule is CCn1cc(/C=C2\C(=O)NC(=O)N(Cc3ccccc3)C2=O)c2ccccc21. The highest BCUT2D eigenvalue weighted by Crippen LogP contribution is 2.25. The van der Waals surface area contributed by atoms with E-state index in [9.17, 15) is 14.4 Å². The predicted molar refractivity (Wildman–Crippen MR) is 106 cm³/mol. The third kappa shape index (κ3) is 3.09. The lowest BCUT2D eigenvalue weighted by molar-refractivity contribution is -0.130. The zero-order chi connectivity index (χ0) is 19.7. The summed E-state index contributed by atoms with van der Waals surface area (Å²) in [5, 5.41) is 3.22. The van der Waals surface area contributed by atoms with E-state index in [1.54, 1.807) is 6.08 Å². The Balaban J connectivity index is 1.73. The van der Waals surface area contributed by atoms with Crippen LogP contribution in [0.3, 0.4) is 0 Å². The van der Waals surface area contributed by atoms with Crippen molar-refractivity contribution in [2.45, 2.75) is 20.0 Å². The van der Waals surface area contributed by atoms with E-state index in [4.69, 9.17) is 0 Å². The Bertz CT molecular complexity index is 1110. The van der Waals surface area contributed by atoms with E-state index in [-0.39, 0.29) is 12.1 Å². The lowest BCUT2D eigenvalue weighted by Crippen LogP contribution is -2.53. The highest BCUT2D eigenvalue weighted by Gasteiger charge is 2.35. The summed E-state index contributed by atoms with van der Waals surface area (Å²) in [4.78, 5) is 38.6. The summed E-state index contributed by atoms with van der Waals surface area (Å²) in [6.45, 7) is 2.90. The van der Waals surface area contributed by atoms with Crippen LogP contribution in [-0.2, 0) is 22.7 Å². The van der Waals surface area contributed by atoms with E-state index in [2.05, 4.69) is 9.88 Å². The number of benzene rings is 2. The van der Waals surface area contributed by atoms with Gasteiger partial charge in [0.1, 0.15) is 5.57 Å². The first-order valence-electron chi connectivity index (χ1n) is 9.09. The standard InChI is InChI=1S/C22H19N3O3/c1-2-24-14-16(17-10-6-7-11-19(17)24)12-18-20(26)23-22(28)25(21(18)27)13-15-8-4-3-5-9-15/h3-12,14H,2,13H2,1H3,(H,23,26,28)/b18-12+. The van der Waals surface area contributed by atoms with Gasteiger partial charge in [-0.1, -0.05) is 48.5 Å². The van der Waals surface area contributed by atoms with E-state index in [1.165, 1.54) is 0 Å². The highest BCUT2D eigenvalue weighted by molar-refractivity contribution is 6.31. The molecule has 4 rings (SSSR count). The maximum atomic E-state index is 12.9. The molecule has 0 atom stereocenters. The number of hydrogen-bond donors (Lipinski definition) is 1. The van der Waals surface area contributed by atoms with Gasteiger partial charge < -0.3 is 4.57 Å². The fraction of sp³-hybridized carbons (Fsp3) is 0.136. The Morgan fingerprint density at radius 3 is 2.43 bits per heavy atom. The number of amides is 4. The largest absolute Gasteiger partial charge is 0.347 e. The molecule has 140 valence electrons. The van der Waals surface area contributed by atoms with Crippen molar-refractivity contribution in [1.29, 1.82) is 0 Å². The van der Waals surface area contributed by atoms with Crippen molar-refractivity contribution >= 4 is 34.8 Å². The summed E-state index contributed by atoms with van der Waals surface area (Å²) in [6.07, 6.45) is 3.48. The van der Waals surface area contributed by atoms with Crippen molar-refractivity contribution in [3.63, 3.8) is 0 Å². The van der Waals surface area contributed by atoms with Crippen molar-refractivity contribution in [1.82, 2.24) is 14.8 Å². The molecule has 1 aliphatic rings. The van der Waals surface area contributed by atoms with E-state index >= 15 is 0 Å². The number of barbiturate groups is 1. The second-order valence-electron chi connectivity index (χ2n) is 6.58. The van der Waals surface area contributed by atoms with Gasteiger partial charge in [0.2, 0.25) is 0 Å². The van der Waals surface area contributed by atoms with E-state index in [1.807, 2.05) is 67.7 Å². The Hall–Kier alpha value is -3.67. The van der Waals surface area contributed by atoms with Crippen LogP contribution in [0.4, 0.5) is 4.79 Å². The van der Waals surface area contributed by atoms with Crippen LogP contribution >= 0.6 is 0 Å². The Labute approximate surface area is 162 Å². The van der Waals surface area contributed by atoms with Crippen molar-refractivity contribution in [3.8, 4) is 0 Å². The minimum atomic E-state index is -0.702. The zero-order valence-corrected chi connectivity index (χ0v) is 15.4. The maximum absolute atomic E-state index is 12.9. The number of aromatic nitrogens is 1. The molecule has 1 aliphatic heterocycles. The highest BCUT2D eigenvalue weighted by atomic mass is 16.2. The Morgan fingerprint density at radius 2 is 1.68 bits per heavy atom. The zero-order valence-electron chi connectivity index (χ0n) is 15.4. The number of carbonyl (C=O) groups excluding carboxylic acids is 3. The number of fused-ring (bicyclic) bond motifs is 1. The number of nitrogens with zero attached hydrogens (tertiary/aromatic N) is 2. The van der Waals surface area contributed by atoms with Crippen LogP contribution in [0.2, 0.25) is 0 Å². The summed E-state index contributed by atoms with van der Waals surface area (Å²) in [6, 6.07) is 16.3. The van der Waals surface area contributed by atoms with Gasteiger partial charge in [-0.05, 0) is 24.6 Å². The molecular formula is C22H19N3O3. The smallest absolute Gasteiger partial charge is 0.331 e. The molecule has 1 N–H and O–H groups in total. The molecule has 0 aliphatic carbocycles. The summed E-state index contributed by atoms with van der Waals surface area (Å²) in [5.74, 6) is -1.27. The van der Waals surface area contributed by atoms with Gasteiger partial charge in [0.25, 0.3) is 11.8 Å². The monoisotopic (exact) mass is 373 g/mol. The normalized spacial score (nSPS) is 16.1. The average molecular weight is 373 g/mol. The molecule has 6 nitrogen and oxygen atoms in total. The number of para-hydroxylation sites is 1. The van der Waals surface area contributed by atoms with Crippen molar-refractivity contribution < 1.29 is 14.4 Å². The second kappa shape index (κ2) is 7.15. The molecule has 1 fully saturated rings. The quantitative estimate of drug-likeness (QED) is 0.563. The first-order valence-corrected chi connectivity index (χ1v) is 9.09. The van der Waals surface area contributed by atoms with Crippen LogP contribution in [-0.4, -0.2) is 27.3 Å². The average Bonchev–Trinajstić information content (AvgIpc) is 3.07. The van der Waals surface area contributed by atoms with Crippen LogP contribution < -0.4 is 5.32 Å². The second-order valence-corrected chi connectivity index (χ2v) is 6.58. The number of rotatable bonds is 4. The molecule has 0 saturated carbocycles. The van der Waals surface area contributed by atoms with E-state index in [0.29, 0.717) is 0 Å². The lowest BCUT2D eigenvalue weighted by Gasteiger charge is -2.26. The number of aryl methyl sites for hydroxylation is 1. The van der Waals surface area contributed by atoms with Gasteiger partial charge in [-0.25, -0.2) is 4.79 Å². The summed E-state index contributed by atoms with van der Waals surface area (Å²) in [5.41, 5.74) is 2.56. The fourth-order valence-electron chi connectivity index (χ4n) is 3.41. The van der Waals surface area contributed by atoms with Crippen LogP contribution in [0, 0.1) is 0 Å². The van der Waals surface area contributed by atoms with Gasteiger partial charge in [-0.15, -0.1) is 0 Å². The molecule has 0 bridgehead atoms. The molecule has 4 amide bonds. The minimum Gasteiger partial charge on any atom is -0.347 e. The lowest BCUT2D eigenvalue weighted by atomic mass is 10.1. The third-order valence-corrected chi connectivity index (χ3v) is 4.83. The molecule has 6 heteroatoms. The van der Waals surface area contributed by atoms with E-state index < -0.39 is 17.8 Å². The third-order valence-electron chi connectivity index (χ3n) is 4.83. The molecule has 1 aromatic heterocycles. The molecule has 2 heterocycles. The van der Waals surface area contributed by atoms with E-state index in [0.717, 1.165) is 33.5 Å². The topological polar surface area (TPSA) is 71.4 Å². The summed E-state index contributed by atoms with van der Waals surface area (Å²) < 4.78 is 2.06. The van der Waals surface area contributed by atoms with Gasteiger partial charge in [0.05, 0.1) is 6.54 Å². The minimum absolute atomic E-state index is 0.0467. The van der Waals surface area contributed by atoms with Gasteiger partial charge in [0.15, 0.2) is 0 Å². The first-order chi connectivity index (χ1) is 13.6. The molecular weight excluding hydrogens is 354 g/mol. The molecule has 3 aromatic rings. The van der Waals surface area contributed by atoms with Gasteiger partial charge >= 0.3 is 6.03 Å².